The molecule has 0 aliphatic heterocycles. The third-order valence-corrected chi connectivity index (χ3v) is 2.72. The maximum absolute atomic E-state index is 11.0. The zero-order valence-electron chi connectivity index (χ0n) is 6.40. The molecule has 76 valence electrons. The molecular weight excluding hydrogens is 260 g/mol. The minimum atomic E-state index is -0.940. The molecule has 0 fully saturated rings. The van der Waals surface area contributed by atoms with Crippen molar-refractivity contribution in [1.82, 2.24) is 5.32 Å². The highest BCUT2D eigenvalue weighted by Gasteiger charge is 2.20. The van der Waals surface area contributed by atoms with Crippen LogP contribution in [-0.2, 0) is 9.59 Å². The molecular formula is C6H7Cl4NO2. The van der Waals surface area contributed by atoms with Gasteiger partial charge >= 0.3 is 0 Å². The average Bonchev–Trinajstić information content (AvgIpc) is 2.14. The van der Waals surface area contributed by atoms with Crippen molar-refractivity contribution >= 4 is 58.2 Å². The van der Waals surface area contributed by atoms with E-state index in [1.165, 1.54) is 0 Å². The minimum Gasteiger partial charge on any atom is -0.294 e. The average molecular weight is 267 g/mol. The van der Waals surface area contributed by atoms with Gasteiger partial charge in [0.15, 0.2) is 0 Å². The first-order chi connectivity index (χ1) is 6.02. The Morgan fingerprint density at radius 3 is 1.54 bits per heavy atom. The molecule has 0 aliphatic carbocycles. The third kappa shape index (κ3) is 4.91. The lowest BCUT2D eigenvalue weighted by Gasteiger charge is -2.08. The zero-order chi connectivity index (χ0) is 10.4. The number of carbonyl (C=O) groups excluding carboxylic acids is 2. The van der Waals surface area contributed by atoms with E-state index in [1.54, 1.807) is 0 Å². The van der Waals surface area contributed by atoms with Gasteiger partial charge in [-0.1, -0.05) is 0 Å². The van der Waals surface area contributed by atoms with Crippen molar-refractivity contribution in [2.45, 2.75) is 10.8 Å². The maximum atomic E-state index is 11.0. The fourth-order valence-electron chi connectivity index (χ4n) is 0.418. The summed E-state index contributed by atoms with van der Waals surface area (Å²) in [5.41, 5.74) is 0. The molecule has 1 N–H and O–H groups in total. The normalized spacial score (nSPS) is 14.8. The summed E-state index contributed by atoms with van der Waals surface area (Å²) in [5.74, 6) is -1.49. The number of amides is 2. The van der Waals surface area contributed by atoms with E-state index in [0.29, 0.717) is 0 Å². The van der Waals surface area contributed by atoms with Crippen LogP contribution in [0.2, 0.25) is 0 Å². The van der Waals surface area contributed by atoms with E-state index in [2.05, 4.69) is 0 Å². The first kappa shape index (κ1) is 13.3. The topological polar surface area (TPSA) is 46.2 Å². The standard InChI is InChI=1S/C6H7Cl4NO2/c7-1-3(9)5(12)11-6(13)4(10)2-8/h3-4H,1-2H2,(H,11,12,13). The lowest BCUT2D eigenvalue weighted by atomic mass is 10.4. The predicted octanol–water partition coefficient (Wildman–Crippen LogP) is 1.32. The Morgan fingerprint density at radius 1 is 1.00 bits per heavy atom. The van der Waals surface area contributed by atoms with Crippen molar-refractivity contribution in [1.29, 1.82) is 0 Å². The van der Waals surface area contributed by atoms with Gasteiger partial charge in [0.2, 0.25) is 11.8 Å². The molecule has 7 heteroatoms. The smallest absolute Gasteiger partial charge is 0.245 e. The number of imide groups is 1. The van der Waals surface area contributed by atoms with Crippen LogP contribution in [0, 0.1) is 0 Å². The van der Waals surface area contributed by atoms with Crippen LogP contribution in [-0.4, -0.2) is 34.3 Å². The highest BCUT2D eigenvalue weighted by atomic mass is 35.5. The van der Waals surface area contributed by atoms with E-state index < -0.39 is 22.6 Å². The van der Waals surface area contributed by atoms with Crippen molar-refractivity contribution in [3.8, 4) is 0 Å². The van der Waals surface area contributed by atoms with E-state index in [1.807, 2.05) is 5.32 Å². The van der Waals surface area contributed by atoms with Gasteiger partial charge in [-0.3, -0.25) is 14.9 Å². The number of hydrogen-bond acceptors (Lipinski definition) is 2. The monoisotopic (exact) mass is 265 g/mol. The van der Waals surface area contributed by atoms with Crippen LogP contribution in [0.1, 0.15) is 0 Å². The molecule has 13 heavy (non-hydrogen) atoms. The minimum absolute atomic E-state index is 0.0749. The number of carbonyl (C=O) groups is 2. The Balaban J connectivity index is 3.99. The molecule has 2 atom stereocenters. The van der Waals surface area contributed by atoms with E-state index in [4.69, 9.17) is 46.4 Å². The molecule has 0 aromatic rings. The van der Waals surface area contributed by atoms with Crippen LogP contribution in [0.5, 0.6) is 0 Å². The molecule has 0 spiro atoms. The van der Waals surface area contributed by atoms with Crippen molar-refractivity contribution in [3.63, 3.8) is 0 Å². The molecule has 0 heterocycles. The number of nitrogens with one attached hydrogen (secondary N) is 1. The summed E-state index contributed by atoms with van der Waals surface area (Å²) in [6.45, 7) is 0. The van der Waals surface area contributed by atoms with Gasteiger partial charge in [0.1, 0.15) is 10.8 Å². The highest BCUT2D eigenvalue weighted by Crippen LogP contribution is 2.01. The summed E-state index contributed by atoms with van der Waals surface area (Å²) < 4.78 is 0. The number of halogens is 4. The third-order valence-electron chi connectivity index (χ3n) is 1.09. The molecule has 0 saturated carbocycles. The van der Waals surface area contributed by atoms with Gasteiger partial charge in [0, 0.05) is 11.8 Å². The van der Waals surface area contributed by atoms with Crippen LogP contribution in [0.4, 0.5) is 0 Å². The van der Waals surface area contributed by atoms with Gasteiger partial charge < -0.3 is 0 Å². The summed E-state index contributed by atoms with van der Waals surface area (Å²) in [6.07, 6.45) is 0. The molecule has 0 aromatic carbocycles. The first-order valence-electron chi connectivity index (χ1n) is 3.27. The Hall–Kier alpha value is 0.300. The Kier molecular flexibility index (Phi) is 6.86. The van der Waals surface area contributed by atoms with Gasteiger partial charge in [-0.25, -0.2) is 0 Å². The van der Waals surface area contributed by atoms with Crippen molar-refractivity contribution < 1.29 is 9.59 Å². The summed E-state index contributed by atoms with van der Waals surface area (Å²) in [6, 6.07) is 0. The zero-order valence-corrected chi connectivity index (χ0v) is 9.42. The first-order valence-corrected chi connectivity index (χ1v) is 5.21. The second kappa shape index (κ2) is 6.71. The molecule has 0 aromatic heterocycles. The van der Waals surface area contributed by atoms with Gasteiger partial charge in [-0.2, -0.15) is 0 Å². The molecule has 0 bridgehead atoms. The van der Waals surface area contributed by atoms with Crippen molar-refractivity contribution in [3.05, 3.63) is 0 Å². The molecule has 0 saturated heterocycles. The molecule has 2 amide bonds. The van der Waals surface area contributed by atoms with Gasteiger partial charge in [-0.05, 0) is 0 Å². The number of alkyl halides is 4. The van der Waals surface area contributed by atoms with Crippen molar-refractivity contribution in [2.75, 3.05) is 11.8 Å². The van der Waals surface area contributed by atoms with Crippen molar-refractivity contribution in [2.24, 2.45) is 0 Å². The van der Waals surface area contributed by atoms with E-state index in [-0.39, 0.29) is 11.8 Å². The predicted molar refractivity (Wildman–Crippen MR) is 53.9 cm³/mol. The number of rotatable bonds is 4. The Morgan fingerprint density at radius 2 is 1.31 bits per heavy atom. The van der Waals surface area contributed by atoms with Crippen LogP contribution >= 0.6 is 46.4 Å². The molecule has 3 nitrogen and oxygen atoms in total. The fraction of sp³-hybridized carbons (Fsp3) is 0.667. The summed E-state index contributed by atoms with van der Waals surface area (Å²) >= 11 is 21.4. The summed E-state index contributed by atoms with van der Waals surface area (Å²) in [7, 11) is 0. The molecule has 0 radical (unpaired) electrons. The quantitative estimate of drug-likeness (QED) is 0.781. The lowest BCUT2D eigenvalue weighted by molar-refractivity contribution is -0.129. The summed E-state index contributed by atoms with van der Waals surface area (Å²) in [5, 5.41) is 0.0907. The maximum Gasteiger partial charge on any atom is 0.245 e. The fourth-order valence-corrected chi connectivity index (χ4v) is 0.808. The van der Waals surface area contributed by atoms with E-state index in [9.17, 15) is 9.59 Å². The Bertz CT molecular complexity index is 179. The number of hydrogen-bond donors (Lipinski definition) is 1. The SMILES string of the molecule is O=C(NC(=O)C(Cl)CCl)C(Cl)CCl. The van der Waals surface area contributed by atoms with E-state index >= 15 is 0 Å². The largest absolute Gasteiger partial charge is 0.294 e. The van der Waals surface area contributed by atoms with Gasteiger partial charge in [0.05, 0.1) is 0 Å². The molecule has 0 aliphatic rings. The second-order valence-electron chi connectivity index (χ2n) is 2.10. The van der Waals surface area contributed by atoms with Crippen LogP contribution < -0.4 is 5.32 Å². The lowest BCUT2D eigenvalue weighted by Crippen LogP contribution is -2.41. The van der Waals surface area contributed by atoms with Crippen LogP contribution in [0.3, 0.4) is 0 Å². The van der Waals surface area contributed by atoms with Crippen LogP contribution in [0.15, 0.2) is 0 Å². The summed E-state index contributed by atoms with van der Waals surface area (Å²) in [4.78, 5) is 21.9. The highest BCUT2D eigenvalue weighted by molar-refractivity contribution is 6.39. The van der Waals surface area contributed by atoms with Gasteiger partial charge in [0.25, 0.3) is 0 Å². The van der Waals surface area contributed by atoms with Crippen LogP contribution in [0.25, 0.3) is 0 Å². The van der Waals surface area contributed by atoms with E-state index in [0.717, 1.165) is 0 Å². The molecule has 2 unspecified atom stereocenters. The molecule has 0 rings (SSSR count). The Labute approximate surface area is 95.6 Å². The second-order valence-corrected chi connectivity index (χ2v) is 3.77. The van der Waals surface area contributed by atoms with Gasteiger partial charge in [-0.15, -0.1) is 46.4 Å².